The Morgan fingerprint density at radius 3 is 1.55 bits per heavy atom. The van der Waals surface area contributed by atoms with Crippen molar-refractivity contribution in [1.82, 2.24) is 15.0 Å². The molecule has 2 heterocycles. The molecule has 0 bridgehead atoms. The zero-order valence-corrected chi connectivity index (χ0v) is 26.5. The van der Waals surface area contributed by atoms with E-state index in [-0.39, 0.29) is 54.8 Å². The lowest BCUT2D eigenvalue weighted by Gasteiger charge is -2.10. The van der Waals surface area contributed by atoms with Gasteiger partial charge in [-0.05, 0) is 51.5 Å². The van der Waals surface area contributed by atoms with Gasteiger partial charge in [0.05, 0.1) is 15.1 Å². The Labute approximate surface area is 304 Å². The van der Waals surface area contributed by atoms with Crippen molar-refractivity contribution in [3.63, 3.8) is 0 Å². The van der Waals surface area contributed by atoms with Crippen molar-refractivity contribution >= 4 is 31.5 Å². The maximum atomic E-state index is 9.50. The maximum absolute atomic E-state index is 9.50. The van der Waals surface area contributed by atoms with Gasteiger partial charge in [0.15, 0.2) is 17.5 Å². The van der Waals surface area contributed by atoms with Crippen molar-refractivity contribution in [3.05, 3.63) is 176 Å². The van der Waals surface area contributed by atoms with Crippen LogP contribution in [0.4, 0.5) is 0 Å². The fourth-order valence-electron chi connectivity index (χ4n) is 5.75. The van der Waals surface area contributed by atoms with Crippen molar-refractivity contribution < 1.29 is 15.1 Å². The van der Waals surface area contributed by atoms with Gasteiger partial charge in [-0.1, -0.05) is 158 Å². The van der Waals surface area contributed by atoms with Crippen LogP contribution in [0.5, 0.6) is 0 Å². The molecule has 0 spiro atoms. The molecule has 0 amide bonds. The molecule has 0 aliphatic heterocycles. The van der Waals surface area contributed by atoms with Crippen LogP contribution in [0.3, 0.4) is 0 Å². The number of aromatic nitrogens is 3. The summed E-state index contributed by atoms with van der Waals surface area (Å²) >= 11 is 0.909. The van der Waals surface area contributed by atoms with Gasteiger partial charge >= 0.3 is 0 Å². The molecule has 0 N–H and O–H groups in total. The van der Waals surface area contributed by atoms with Crippen molar-refractivity contribution in [2.24, 2.45) is 0 Å². The molecule has 230 valence electrons. The first kappa shape index (κ1) is 19.6. The van der Waals surface area contributed by atoms with Crippen molar-refractivity contribution in [3.8, 4) is 67.5 Å². The molecule has 0 aliphatic rings. The maximum Gasteiger partial charge on any atom is 0.164 e. The zero-order chi connectivity index (χ0) is 42.1. The molecule has 9 aromatic rings. The minimum absolute atomic E-state index is 0.00847. The highest BCUT2D eigenvalue weighted by atomic mass is 32.1. The first-order valence-electron chi connectivity index (χ1n) is 21.0. The second kappa shape index (κ2) is 12.4. The van der Waals surface area contributed by atoms with Crippen LogP contribution in [0, 0.1) is 0 Å². The Bertz CT molecular complexity index is 3170. The highest BCUT2D eigenvalue weighted by Gasteiger charge is 2.17. The zero-order valence-electron chi connectivity index (χ0n) is 36.6. The van der Waals surface area contributed by atoms with E-state index in [4.69, 9.17) is 27.3 Å². The van der Waals surface area contributed by atoms with Crippen LogP contribution >= 0.6 is 11.3 Å². The third kappa shape index (κ3) is 5.58. The molecular formula is C45H29N3S. The van der Waals surface area contributed by atoms with Crippen molar-refractivity contribution in [1.29, 1.82) is 0 Å². The Balaban J connectivity index is 1.27. The Kier molecular flexibility index (Phi) is 4.96. The summed E-state index contributed by atoms with van der Waals surface area (Å²) in [5, 5.41) is 0.124. The summed E-state index contributed by atoms with van der Waals surface area (Å²) in [6.07, 6.45) is 0. The van der Waals surface area contributed by atoms with Crippen LogP contribution in [0.15, 0.2) is 176 Å². The summed E-state index contributed by atoms with van der Waals surface area (Å²) in [6, 6.07) is 29.4. The molecule has 4 heteroatoms. The predicted molar refractivity (Wildman–Crippen MR) is 205 cm³/mol. The lowest BCUT2D eigenvalue weighted by Crippen LogP contribution is -2.00. The first-order chi connectivity index (χ1) is 28.8. The van der Waals surface area contributed by atoms with Crippen molar-refractivity contribution in [2.45, 2.75) is 0 Å². The smallest absolute Gasteiger partial charge is 0.164 e. The number of thiophene rings is 1. The van der Waals surface area contributed by atoms with E-state index in [1.807, 2.05) is 72.8 Å². The summed E-state index contributed by atoms with van der Waals surface area (Å²) in [5.74, 6) is 0.470. The molecule has 2 aromatic heterocycles. The molecule has 3 nitrogen and oxygen atoms in total. The standard InChI is InChI=1S/C45H29N3S/c1-4-11-30(12-5-1)32-19-21-33(22-20-32)34-23-25-36(26-24-34)44-46-43(35-15-8-3-9-16-35)47-45(48-44)38-17-10-18-41-42(38)39-29-37(27-28-40(39)49-41)31-13-6-2-7-14-31/h1-29H/i2D,6D,7D,10D,13D,14D,17D,18D,27D,28D,29D. The van der Waals surface area contributed by atoms with E-state index in [0.717, 1.165) is 33.6 Å². The molecule has 0 atom stereocenters. The summed E-state index contributed by atoms with van der Waals surface area (Å²) in [6.45, 7) is 0. The van der Waals surface area contributed by atoms with Gasteiger partial charge in [0.25, 0.3) is 0 Å². The molecule has 0 aliphatic carbocycles. The third-order valence-electron chi connectivity index (χ3n) is 8.18. The van der Waals surface area contributed by atoms with Gasteiger partial charge in [0, 0.05) is 36.9 Å². The molecule has 0 saturated carbocycles. The Morgan fingerprint density at radius 2 is 0.918 bits per heavy atom. The summed E-state index contributed by atoms with van der Waals surface area (Å²) < 4.78 is 96.8. The van der Waals surface area contributed by atoms with Crippen LogP contribution in [-0.2, 0) is 0 Å². The van der Waals surface area contributed by atoms with Gasteiger partial charge in [0.1, 0.15) is 0 Å². The summed E-state index contributed by atoms with van der Waals surface area (Å²) in [5.41, 5.74) is 4.65. The average Bonchev–Trinajstić information content (AvgIpc) is 3.69. The molecule has 49 heavy (non-hydrogen) atoms. The van der Waals surface area contributed by atoms with Crippen LogP contribution in [0.2, 0.25) is 0 Å². The SMILES string of the molecule is [2H]c1c([2H])c([2H])c(-c2c([2H])c([2H])c3sc4c([2H])c([2H])c([2H])c(-c5nc(-c6ccccc6)nc(-c6ccc(-c7ccc(-c8ccccc8)cc7)cc6)n5)c4c3c2[2H])c([2H])c1[2H]. The van der Waals surface area contributed by atoms with Crippen LogP contribution in [0.1, 0.15) is 15.1 Å². The quantitative estimate of drug-likeness (QED) is 0.179. The second-order valence-corrected chi connectivity index (χ2v) is 12.2. The molecule has 7 aromatic carbocycles. The van der Waals surface area contributed by atoms with Crippen LogP contribution in [-0.4, -0.2) is 15.0 Å². The largest absolute Gasteiger partial charge is 0.208 e. The number of hydrogen-bond acceptors (Lipinski definition) is 4. The monoisotopic (exact) mass is 654 g/mol. The van der Waals surface area contributed by atoms with Gasteiger partial charge in [-0.2, -0.15) is 0 Å². The average molecular weight is 655 g/mol. The summed E-state index contributed by atoms with van der Waals surface area (Å²) in [7, 11) is 0. The lowest BCUT2D eigenvalue weighted by molar-refractivity contribution is 1.08. The van der Waals surface area contributed by atoms with E-state index >= 15 is 0 Å². The molecular weight excluding hydrogens is 615 g/mol. The number of fused-ring (bicyclic) bond motifs is 3. The van der Waals surface area contributed by atoms with E-state index in [1.165, 1.54) is 0 Å². The number of benzene rings is 7. The van der Waals surface area contributed by atoms with Gasteiger partial charge in [-0.15, -0.1) is 11.3 Å². The molecule has 0 radical (unpaired) electrons. The van der Waals surface area contributed by atoms with Gasteiger partial charge in [-0.25, -0.2) is 15.0 Å². The highest BCUT2D eigenvalue weighted by Crippen LogP contribution is 2.41. The van der Waals surface area contributed by atoms with Crippen molar-refractivity contribution in [2.75, 3.05) is 0 Å². The van der Waals surface area contributed by atoms with E-state index < -0.39 is 66.0 Å². The molecule has 9 rings (SSSR count). The number of rotatable bonds is 6. The lowest BCUT2D eigenvalue weighted by atomic mass is 9.99. The first-order valence-corrected chi connectivity index (χ1v) is 16.3. The summed E-state index contributed by atoms with van der Waals surface area (Å²) in [4.78, 5) is 14.5. The minimum Gasteiger partial charge on any atom is -0.208 e. The van der Waals surface area contributed by atoms with Crippen LogP contribution in [0.25, 0.3) is 87.7 Å². The highest BCUT2D eigenvalue weighted by molar-refractivity contribution is 7.26. The molecule has 0 saturated heterocycles. The van der Waals surface area contributed by atoms with E-state index in [2.05, 4.69) is 36.4 Å². The second-order valence-electron chi connectivity index (χ2n) is 11.2. The third-order valence-corrected chi connectivity index (χ3v) is 9.20. The van der Waals surface area contributed by atoms with Gasteiger partial charge in [-0.3, -0.25) is 0 Å². The number of nitrogens with zero attached hydrogens (tertiary/aromatic N) is 3. The fourth-order valence-corrected chi connectivity index (χ4v) is 6.72. The Morgan fingerprint density at radius 1 is 0.388 bits per heavy atom. The predicted octanol–water partition coefficient (Wildman–Crippen LogP) is 12.2. The van der Waals surface area contributed by atoms with Gasteiger partial charge < -0.3 is 0 Å². The molecule has 0 fully saturated rings. The minimum atomic E-state index is -0.659. The van der Waals surface area contributed by atoms with E-state index in [1.54, 1.807) is 0 Å². The van der Waals surface area contributed by atoms with Gasteiger partial charge in [0.2, 0.25) is 0 Å². The van der Waals surface area contributed by atoms with E-state index in [9.17, 15) is 2.74 Å². The van der Waals surface area contributed by atoms with E-state index in [0.29, 0.717) is 11.1 Å². The number of hydrogen-bond donors (Lipinski definition) is 0. The van der Waals surface area contributed by atoms with Crippen LogP contribution < -0.4 is 0 Å². The molecule has 0 unspecified atom stereocenters. The normalized spacial score (nSPS) is 14.4. The Hall–Kier alpha value is -6.23. The topological polar surface area (TPSA) is 38.7 Å². The fraction of sp³-hybridized carbons (Fsp3) is 0.